The van der Waals surface area contributed by atoms with Crippen molar-refractivity contribution in [1.82, 2.24) is 19.5 Å². The van der Waals surface area contributed by atoms with Crippen molar-refractivity contribution in [3.63, 3.8) is 0 Å². The predicted molar refractivity (Wildman–Crippen MR) is 132 cm³/mol. The summed E-state index contributed by atoms with van der Waals surface area (Å²) in [4.78, 5) is 39.1. The highest BCUT2D eigenvalue weighted by atomic mass is 16.5. The first kappa shape index (κ1) is 23.0. The highest BCUT2D eigenvalue weighted by molar-refractivity contribution is 6.04. The van der Waals surface area contributed by atoms with Gasteiger partial charge in [0.2, 0.25) is 5.78 Å². The SMILES string of the molecule is Cc1cc(-n2c(C)cc(C(=O)COC(=O)c3nn(-c4ccccc4)c(=O)c4ccccc34)c2C)no1. The Kier molecular flexibility index (Phi) is 5.81. The van der Waals surface area contributed by atoms with Gasteiger partial charge in [0.05, 0.1) is 11.1 Å². The standard InChI is InChI=1S/C27H22N4O5/c1-16-13-22(18(3)30(16)24-14-17(2)36-29-24)23(32)15-35-27(34)25-20-11-7-8-12-21(20)26(33)31(28-25)19-9-5-4-6-10-19/h4-14H,15H2,1-3H3. The summed E-state index contributed by atoms with van der Waals surface area (Å²) in [5.74, 6) is 0.0435. The zero-order valence-electron chi connectivity index (χ0n) is 19.9. The number of ketones is 1. The maximum atomic E-state index is 13.1. The molecule has 9 heteroatoms. The molecule has 5 aromatic rings. The smallest absolute Gasteiger partial charge is 0.359 e. The Morgan fingerprint density at radius 1 is 0.944 bits per heavy atom. The topological polar surface area (TPSA) is 109 Å². The van der Waals surface area contributed by atoms with E-state index in [1.807, 2.05) is 13.0 Å². The molecule has 0 amide bonds. The number of carbonyl (C=O) groups is 2. The molecular weight excluding hydrogens is 460 g/mol. The molecule has 0 spiro atoms. The van der Waals surface area contributed by atoms with Gasteiger partial charge in [-0.2, -0.15) is 9.78 Å². The first-order chi connectivity index (χ1) is 17.3. The Balaban J connectivity index is 1.44. The third-order valence-electron chi connectivity index (χ3n) is 5.91. The lowest BCUT2D eigenvalue weighted by molar-refractivity contribution is 0.0469. The Hall–Kier alpha value is -4.79. The van der Waals surface area contributed by atoms with Gasteiger partial charge in [0.1, 0.15) is 5.76 Å². The number of nitrogens with zero attached hydrogens (tertiary/aromatic N) is 4. The summed E-state index contributed by atoms with van der Waals surface area (Å²) in [7, 11) is 0. The molecule has 0 unspecified atom stereocenters. The molecule has 5 rings (SSSR count). The van der Waals surface area contributed by atoms with Crippen LogP contribution >= 0.6 is 0 Å². The molecule has 0 N–H and O–H groups in total. The normalized spacial score (nSPS) is 11.1. The molecule has 0 atom stereocenters. The van der Waals surface area contributed by atoms with E-state index in [2.05, 4.69) is 10.3 Å². The van der Waals surface area contributed by atoms with Gasteiger partial charge >= 0.3 is 5.97 Å². The van der Waals surface area contributed by atoms with Crippen LogP contribution in [0.1, 0.15) is 38.0 Å². The monoisotopic (exact) mass is 482 g/mol. The second-order valence-corrected chi connectivity index (χ2v) is 8.36. The van der Waals surface area contributed by atoms with E-state index in [9.17, 15) is 14.4 Å². The summed E-state index contributed by atoms with van der Waals surface area (Å²) in [5.41, 5.74) is 1.95. The molecule has 3 aromatic heterocycles. The van der Waals surface area contributed by atoms with Gasteiger partial charge in [-0.3, -0.25) is 14.2 Å². The van der Waals surface area contributed by atoms with Gasteiger partial charge in [-0.15, -0.1) is 0 Å². The molecule has 0 saturated heterocycles. The lowest BCUT2D eigenvalue weighted by atomic mass is 10.1. The van der Waals surface area contributed by atoms with Gasteiger partial charge in [0.25, 0.3) is 5.56 Å². The van der Waals surface area contributed by atoms with Crippen LogP contribution in [0.3, 0.4) is 0 Å². The number of esters is 1. The molecule has 180 valence electrons. The van der Waals surface area contributed by atoms with Gasteiger partial charge < -0.3 is 9.26 Å². The van der Waals surface area contributed by atoms with E-state index in [1.165, 1.54) is 0 Å². The summed E-state index contributed by atoms with van der Waals surface area (Å²) in [6.45, 7) is 4.94. The van der Waals surface area contributed by atoms with Crippen LogP contribution in [0.15, 0.2) is 76.0 Å². The van der Waals surface area contributed by atoms with Crippen LogP contribution in [0.4, 0.5) is 0 Å². The fraction of sp³-hybridized carbons (Fsp3) is 0.148. The van der Waals surface area contributed by atoms with Crippen LogP contribution in [-0.2, 0) is 4.74 Å². The summed E-state index contributed by atoms with van der Waals surface area (Å²) in [6, 6.07) is 19.0. The highest BCUT2D eigenvalue weighted by Gasteiger charge is 2.22. The van der Waals surface area contributed by atoms with E-state index < -0.39 is 12.6 Å². The van der Waals surface area contributed by atoms with Crippen molar-refractivity contribution >= 4 is 22.5 Å². The van der Waals surface area contributed by atoms with Crippen molar-refractivity contribution in [1.29, 1.82) is 0 Å². The summed E-state index contributed by atoms with van der Waals surface area (Å²) >= 11 is 0. The maximum Gasteiger partial charge on any atom is 0.359 e. The lowest BCUT2D eigenvalue weighted by Gasteiger charge is -2.11. The molecule has 2 aromatic carbocycles. The van der Waals surface area contributed by atoms with Gasteiger partial charge in [0.15, 0.2) is 18.1 Å². The van der Waals surface area contributed by atoms with E-state index >= 15 is 0 Å². The van der Waals surface area contributed by atoms with Crippen molar-refractivity contribution in [2.75, 3.05) is 6.61 Å². The minimum atomic E-state index is -0.801. The molecule has 0 aliphatic heterocycles. The quantitative estimate of drug-likeness (QED) is 0.264. The van der Waals surface area contributed by atoms with Crippen molar-refractivity contribution in [2.24, 2.45) is 0 Å². The number of aryl methyl sites for hydroxylation is 2. The third kappa shape index (κ3) is 4.00. The summed E-state index contributed by atoms with van der Waals surface area (Å²) in [5, 5.41) is 8.99. The molecule has 0 fully saturated rings. The molecule has 36 heavy (non-hydrogen) atoms. The van der Waals surface area contributed by atoms with E-state index in [0.717, 1.165) is 10.4 Å². The zero-order chi connectivity index (χ0) is 25.4. The van der Waals surface area contributed by atoms with Crippen LogP contribution in [0.5, 0.6) is 0 Å². The van der Waals surface area contributed by atoms with Crippen LogP contribution in [0, 0.1) is 20.8 Å². The first-order valence-corrected chi connectivity index (χ1v) is 11.3. The molecule has 3 heterocycles. The molecule has 0 radical (unpaired) electrons. The molecule has 0 aliphatic rings. The van der Waals surface area contributed by atoms with E-state index in [-0.39, 0.29) is 17.0 Å². The average molecular weight is 482 g/mol. The first-order valence-electron chi connectivity index (χ1n) is 11.3. The van der Waals surface area contributed by atoms with Gasteiger partial charge in [0, 0.05) is 28.4 Å². The molecular formula is C27H22N4O5. The number of para-hydroxylation sites is 1. The third-order valence-corrected chi connectivity index (χ3v) is 5.91. The van der Waals surface area contributed by atoms with Gasteiger partial charge in [-0.25, -0.2) is 4.79 Å². The molecule has 0 aliphatic carbocycles. The van der Waals surface area contributed by atoms with Gasteiger partial charge in [-0.05, 0) is 45.0 Å². The number of rotatable bonds is 6. The number of aromatic nitrogens is 4. The summed E-state index contributed by atoms with van der Waals surface area (Å²) < 4.78 is 13.5. The van der Waals surface area contributed by atoms with Crippen LogP contribution in [-0.4, -0.2) is 37.9 Å². The van der Waals surface area contributed by atoms with Crippen LogP contribution < -0.4 is 5.56 Å². The van der Waals surface area contributed by atoms with Gasteiger partial charge in [-0.1, -0.05) is 41.6 Å². The van der Waals surface area contributed by atoms with E-state index in [1.54, 1.807) is 79.1 Å². The van der Waals surface area contributed by atoms with Crippen LogP contribution in [0.2, 0.25) is 0 Å². The van der Waals surface area contributed by atoms with Crippen LogP contribution in [0.25, 0.3) is 22.3 Å². The second kappa shape index (κ2) is 9.10. The maximum absolute atomic E-state index is 13.1. The Morgan fingerprint density at radius 2 is 1.64 bits per heavy atom. The molecule has 0 saturated carbocycles. The summed E-state index contributed by atoms with van der Waals surface area (Å²) in [6.07, 6.45) is 0. The van der Waals surface area contributed by atoms with Crippen molar-refractivity contribution in [3.8, 4) is 11.5 Å². The number of benzene rings is 2. The van der Waals surface area contributed by atoms with Crippen molar-refractivity contribution < 1.29 is 18.8 Å². The van der Waals surface area contributed by atoms with E-state index in [4.69, 9.17) is 9.26 Å². The number of hydrogen-bond acceptors (Lipinski definition) is 7. The zero-order valence-corrected chi connectivity index (χ0v) is 19.9. The number of carbonyl (C=O) groups excluding carboxylic acids is 2. The Labute approximate surface area is 205 Å². The molecule has 9 nitrogen and oxygen atoms in total. The fourth-order valence-corrected chi connectivity index (χ4v) is 4.22. The number of ether oxygens (including phenoxy) is 1. The average Bonchev–Trinajstić information content (AvgIpc) is 3.44. The number of fused-ring (bicyclic) bond motifs is 1. The Bertz CT molecular complexity index is 1680. The number of Topliss-reactive ketones (excluding diaryl/α,β-unsaturated/α-hetero) is 1. The predicted octanol–water partition coefficient (Wildman–Crippen LogP) is 4.13. The number of hydrogen-bond donors (Lipinski definition) is 0. The van der Waals surface area contributed by atoms with Crippen molar-refractivity contribution in [3.05, 3.63) is 105 Å². The Morgan fingerprint density at radius 3 is 2.33 bits per heavy atom. The molecule has 0 bridgehead atoms. The highest BCUT2D eigenvalue weighted by Crippen LogP contribution is 2.22. The second-order valence-electron chi connectivity index (χ2n) is 8.36. The minimum Gasteiger partial charge on any atom is -0.452 e. The fourth-order valence-electron chi connectivity index (χ4n) is 4.22. The largest absolute Gasteiger partial charge is 0.452 e. The van der Waals surface area contributed by atoms with E-state index in [0.29, 0.717) is 39.3 Å². The lowest BCUT2D eigenvalue weighted by Crippen LogP contribution is -2.26. The van der Waals surface area contributed by atoms with Crippen molar-refractivity contribution in [2.45, 2.75) is 20.8 Å². The minimum absolute atomic E-state index is 0.0506.